The maximum Gasteiger partial charge on any atom is 0.254 e. The van der Waals surface area contributed by atoms with Crippen LogP contribution >= 0.6 is 11.3 Å². The third-order valence-electron chi connectivity index (χ3n) is 5.12. The van der Waals surface area contributed by atoms with Crippen LogP contribution in [0, 0.1) is 0 Å². The van der Waals surface area contributed by atoms with Crippen LogP contribution in [0.5, 0.6) is 0 Å². The third-order valence-corrected chi connectivity index (χ3v) is 5.81. The quantitative estimate of drug-likeness (QED) is 0.914. The summed E-state index contributed by atoms with van der Waals surface area (Å²) in [6.45, 7) is 2.25. The van der Waals surface area contributed by atoms with E-state index in [0.29, 0.717) is 12.0 Å². The second kappa shape index (κ2) is 7.09. The molecule has 0 unspecified atom stereocenters. The number of nitrogens with zero attached hydrogens (tertiary/aromatic N) is 3. The van der Waals surface area contributed by atoms with Gasteiger partial charge in [0.1, 0.15) is 0 Å². The Kier molecular flexibility index (Phi) is 4.67. The number of rotatable bonds is 3. The van der Waals surface area contributed by atoms with E-state index < -0.39 is 0 Å². The highest BCUT2D eigenvalue weighted by molar-refractivity contribution is 7.08. The molecule has 2 fully saturated rings. The average Bonchev–Trinajstić information content (AvgIpc) is 3.18. The van der Waals surface area contributed by atoms with E-state index in [9.17, 15) is 4.79 Å². The Balaban J connectivity index is 1.36. The zero-order valence-electron chi connectivity index (χ0n) is 14.1. The number of piperidine rings is 1. The molecule has 0 radical (unpaired) electrons. The van der Waals surface area contributed by atoms with Gasteiger partial charge in [-0.2, -0.15) is 11.3 Å². The number of carbonyl (C=O) groups is 1. The second-order valence-corrected chi connectivity index (χ2v) is 7.52. The lowest BCUT2D eigenvalue weighted by atomic mass is 9.82. The van der Waals surface area contributed by atoms with E-state index in [0.717, 1.165) is 50.9 Å². The van der Waals surface area contributed by atoms with Gasteiger partial charge < -0.3 is 15.0 Å². The molecular formula is C18H22N4O2S. The fourth-order valence-electron chi connectivity index (χ4n) is 3.74. The summed E-state index contributed by atoms with van der Waals surface area (Å²) in [5.74, 6) is 0.814. The lowest BCUT2D eigenvalue weighted by molar-refractivity contribution is -0.110. The molecule has 2 aliphatic rings. The number of carbonyl (C=O) groups excluding carboxylic acids is 1. The predicted molar refractivity (Wildman–Crippen MR) is 96.8 cm³/mol. The number of thiophene rings is 1. The number of anilines is 1. The molecule has 2 aromatic rings. The molecule has 4 heterocycles. The normalized spacial score (nSPS) is 22.7. The second-order valence-electron chi connectivity index (χ2n) is 6.74. The van der Waals surface area contributed by atoms with Crippen molar-refractivity contribution in [2.45, 2.75) is 37.3 Å². The highest BCUT2D eigenvalue weighted by atomic mass is 32.1. The molecule has 2 aliphatic heterocycles. The van der Waals surface area contributed by atoms with Crippen molar-refractivity contribution in [2.75, 3.05) is 25.0 Å². The van der Waals surface area contributed by atoms with E-state index in [1.54, 1.807) is 23.7 Å². The summed E-state index contributed by atoms with van der Waals surface area (Å²) in [4.78, 5) is 23.0. The lowest BCUT2D eigenvalue weighted by Gasteiger charge is -2.46. The Labute approximate surface area is 151 Å². The molecular weight excluding hydrogens is 336 g/mol. The molecule has 1 spiro atoms. The van der Waals surface area contributed by atoms with Crippen molar-refractivity contribution >= 4 is 23.2 Å². The monoisotopic (exact) mass is 358 g/mol. The van der Waals surface area contributed by atoms with Gasteiger partial charge >= 0.3 is 0 Å². The van der Waals surface area contributed by atoms with Crippen molar-refractivity contribution in [3.63, 3.8) is 0 Å². The molecule has 1 amide bonds. The minimum Gasteiger partial charge on any atom is -0.375 e. The molecule has 6 nitrogen and oxygen atoms in total. The van der Waals surface area contributed by atoms with Crippen molar-refractivity contribution < 1.29 is 9.53 Å². The molecule has 2 aromatic heterocycles. The highest BCUT2D eigenvalue weighted by Crippen LogP contribution is 2.36. The van der Waals surface area contributed by atoms with Crippen molar-refractivity contribution in [3.8, 4) is 0 Å². The van der Waals surface area contributed by atoms with Gasteiger partial charge in [0.2, 0.25) is 5.95 Å². The molecule has 0 aromatic carbocycles. The number of ether oxygens (including phenoxy) is 1. The van der Waals surface area contributed by atoms with Crippen LogP contribution in [-0.4, -0.2) is 52.1 Å². The van der Waals surface area contributed by atoms with E-state index >= 15 is 0 Å². The van der Waals surface area contributed by atoms with Gasteiger partial charge in [-0.05, 0) is 43.2 Å². The first-order valence-corrected chi connectivity index (χ1v) is 9.67. The van der Waals surface area contributed by atoms with Crippen molar-refractivity contribution in [1.29, 1.82) is 0 Å². The van der Waals surface area contributed by atoms with E-state index in [1.165, 1.54) is 0 Å². The minimum absolute atomic E-state index is 0.129. The molecule has 2 saturated heterocycles. The lowest BCUT2D eigenvalue weighted by Crippen LogP contribution is -2.52. The Morgan fingerprint density at radius 2 is 2.12 bits per heavy atom. The average molecular weight is 358 g/mol. The van der Waals surface area contributed by atoms with Gasteiger partial charge in [-0.15, -0.1) is 0 Å². The first kappa shape index (κ1) is 16.5. The molecule has 25 heavy (non-hydrogen) atoms. The Bertz CT molecular complexity index is 699. The summed E-state index contributed by atoms with van der Waals surface area (Å²) in [5.41, 5.74) is 0.669. The van der Waals surface area contributed by atoms with E-state index in [1.807, 2.05) is 27.8 Å². The number of hydrogen-bond acceptors (Lipinski definition) is 6. The van der Waals surface area contributed by atoms with Gasteiger partial charge in [-0.3, -0.25) is 4.79 Å². The van der Waals surface area contributed by atoms with Crippen LogP contribution in [0.2, 0.25) is 0 Å². The maximum absolute atomic E-state index is 12.5. The molecule has 0 aliphatic carbocycles. The van der Waals surface area contributed by atoms with Gasteiger partial charge in [0.05, 0.1) is 11.2 Å². The third kappa shape index (κ3) is 3.67. The van der Waals surface area contributed by atoms with Crippen LogP contribution < -0.4 is 5.32 Å². The van der Waals surface area contributed by atoms with Crippen molar-refractivity contribution in [1.82, 2.24) is 14.9 Å². The first-order valence-electron chi connectivity index (χ1n) is 8.73. The fourth-order valence-corrected chi connectivity index (χ4v) is 4.37. The summed E-state index contributed by atoms with van der Waals surface area (Å²) in [6.07, 6.45) is 7.16. The van der Waals surface area contributed by atoms with Gasteiger partial charge in [0, 0.05) is 43.5 Å². The van der Waals surface area contributed by atoms with Crippen LogP contribution in [0.15, 0.2) is 35.3 Å². The standard InChI is InChI=1S/C18H22N4O2S/c23-16(14-3-11-25-13-14)22-8-4-18(5-9-22)12-15(2-10-24-18)21-17-19-6-1-7-20-17/h1,3,6-7,11,13,15H,2,4-5,8-10,12H2,(H,19,20,21)/t15-/m1/s1. The number of nitrogens with one attached hydrogen (secondary N) is 1. The van der Waals surface area contributed by atoms with E-state index in [2.05, 4.69) is 15.3 Å². The maximum atomic E-state index is 12.5. The van der Waals surface area contributed by atoms with Crippen LogP contribution in [0.3, 0.4) is 0 Å². The fraction of sp³-hybridized carbons (Fsp3) is 0.500. The van der Waals surface area contributed by atoms with Gasteiger partial charge in [-0.1, -0.05) is 0 Å². The van der Waals surface area contributed by atoms with Crippen LogP contribution in [0.4, 0.5) is 5.95 Å². The smallest absolute Gasteiger partial charge is 0.254 e. The van der Waals surface area contributed by atoms with Gasteiger partial charge in [0.15, 0.2) is 0 Å². The molecule has 0 bridgehead atoms. The molecule has 1 atom stereocenters. The van der Waals surface area contributed by atoms with E-state index in [4.69, 9.17) is 4.74 Å². The molecule has 4 rings (SSSR count). The molecule has 0 saturated carbocycles. The SMILES string of the molecule is O=C(c1ccsc1)N1CCC2(CC1)C[C@H](Nc1ncccn1)CCO2. The van der Waals surface area contributed by atoms with Crippen molar-refractivity contribution in [3.05, 3.63) is 40.8 Å². The Morgan fingerprint density at radius 3 is 2.84 bits per heavy atom. The zero-order valence-corrected chi connectivity index (χ0v) is 14.9. The Hall–Kier alpha value is -1.99. The summed E-state index contributed by atoms with van der Waals surface area (Å²) in [5, 5.41) is 7.30. The van der Waals surface area contributed by atoms with Gasteiger partial charge in [-0.25, -0.2) is 9.97 Å². The van der Waals surface area contributed by atoms with Gasteiger partial charge in [0.25, 0.3) is 5.91 Å². The minimum atomic E-state index is -0.129. The van der Waals surface area contributed by atoms with E-state index in [-0.39, 0.29) is 11.5 Å². The number of likely N-dealkylation sites (tertiary alicyclic amines) is 1. The zero-order chi connectivity index (χ0) is 17.1. The molecule has 7 heteroatoms. The largest absolute Gasteiger partial charge is 0.375 e. The summed E-state index contributed by atoms with van der Waals surface area (Å²) in [7, 11) is 0. The summed E-state index contributed by atoms with van der Waals surface area (Å²) < 4.78 is 6.18. The van der Waals surface area contributed by atoms with Crippen molar-refractivity contribution in [2.24, 2.45) is 0 Å². The van der Waals surface area contributed by atoms with Crippen LogP contribution in [0.25, 0.3) is 0 Å². The number of aromatic nitrogens is 2. The number of amides is 1. The number of hydrogen-bond donors (Lipinski definition) is 1. The summed E-state index contributed by atoms with van der Waals surface area (Å²) >= 11 is 1.56. The topological polar surface area (TPSA) is 67.4 Å². The molecule has 1 N–H and O–H groups in total. The Morgan fingerprint density at radius 1 is 1.32 bits per heavy atom. The van der Waals surface area contributed by atoms with Crippen LogP contribution in [-0.2, 0) is 4.74 Å². The highest BCUT2D eigenvalue weighted by Gasteiger charge is 2.41. The van der Waals surface area contributed by atoms with Crippen LogP contribution in [0.1, 0.15) is 36.0 Å². The first-order chi connectivity index (χ1) is 12.2. The predicted octanol–water partition coefficient (Wildman–Crippen LogP) is 2.80. The molecule has 132 valence electrons. The summed E-state index contributed by atoms with van der Waals surface area (Å²) in [6, 6.07) is 4.03.